The van der Waals surface area contributed by atoms with Crippen molar-refractivity contribution in [3.05, 3.63) is 23.9 Å². The summed E-state index contributed by atoms with van der Waals surface area (Å²) in [5, 5.41) is 11.5. The fourth-order valence-corrected chi connectivity index (χ4v) is 1.51. The van der Waals surface area contributed by atoms with Crippen LogP contribution in [0.4, 0.5) is 14.6 Å². The van der Waals surface area contributed by atoms with Crippen molar-refractivity contribution < 1.29 is 18.7 Å². The molecule has 18 heavy (non-hydrogen) atoms. The lowest BCUT2D eigenvalue weighted by molar-refractivity contribution is 0.0509. The number of alkyl halides is 2. The van der Waals surface area contributed by atoms with Crippen LogP contribution in [0.15, 0.2) is 18.3 Å². The minimum absolute atomic E-state index is 0.138. The van der Waals surface area contributed by atoms with Gasteiger partial charge in [0.1, 0.15) is 5.82 Å². The minimum Gasteiger partial charge on any atom is -0.395 e. The number of nitrogens with zero attached hydrogens (tertiary/aromatic N) is 2. The molecule has 0 aromatic carbocycles. The number of aromatic nitrogens is 1. The molecule has 5 nitrogen and oxygen atoms in total. The monoisotopic (exact) mass is 259 g/mol. The minimum atomic E-state index is -2.64. The normalized spacial score (nSPS) is 10.5. The number of halogens is 2. The van der Waals surface area contributed by atoms with Crippen molar-refractivity contribution in [1.29, 1.82) is 0 Å². The summed E-state index contributed by atoms with van der Waals surface area (Å²) < 4.78 is 24.7. The van der Waals surface area contributed by atoms with Crippen LogP contribution in [-0.4, -0.2) is 54.1 Å². The van der Waals surface area contributed by atoms with E-state index in [0.29, 0.717) is 5.82 Å². The van der Waals surface area contributed by atoms with Crippen LogP contribution >= 0.6 is 0 Å². The van der Waals surface area contributed by atoms with Crippen LogP contribution in [0.3, 0.4) is 0 Å². The molecule has 1 rings (SSSR count). The highest BCUT2D eigenvalue weighted by atomic mass is 19.3. The number of aliphatic hydroxyl groups excluding tert-OH is 1. The molecule has 0 saturated carbocycles. The molecule has 0 atom stereocenters. The van der Waals surface area contributed by atoms with Crippen molar-refractivity contribution in [2.45, 2.75) is 6.43 Å². The summed E-state index contributed by atoms with van der Waals surface area (Å²) in [7, 11) is 1.59. The predicted octanol–water partition coefficient (Wildman–Crippen LogP) is 0.823. The number of pyridine rings is 1. The standard InChI is InChI=1S/C11H15F2N3O2/c1-14-10-8(3-2-4-15-10)11(18)16(5-6-17)7-9(12)13/h2-4,9,17H,5-7H2,1H3,(H,14,15). The molecule has 0 bridgehead atoms. The van der Waals surface area contributed by atoms with Gasteiger partial charge in [-0.15, -0.1) is 0 Å². The smallest absolute Gasteiger partial charge is 0.257 e. The van der Waals surface area contributed by atoms with E-state index in [1.165, 1.54) is 12.3 Å². The maximum Gasteiger partial charge on any atom is 0.257 e. The van der Waals surface area contributed by atoms with Gasteiger partial charge in [-0.3, -0.25) is 4.79 Å². The second kappa shape index (κ2) is 6.85. The van der Waals surface area contributed by atoms with Gasteiger partial charge in [0.25, 0.3) is 12.3 Å². The van der Waals surface area contributed by atoms with Gasteiger partial charge in [-0.05, 0) is 12.1 Å². The number of carbonyl (C=O) groups excluding carboxylic acids is 1. The first-order valence-electron chi connectivity index (χ1n) is 5.41. The Balaban J connectivity index is 2.94. The van der Waals surface area contributed by atoms with Crippen molar-refractivity contribution in [3.63, 3.8) is 0 Å². The second-order valence-corrected chi connectivity index (χ2v) is 3.52. The van der Waals surface area contributed by atoms with E-state index in [0.717, 1.165) is 4.90 Å². The van der Waals surface area contributed by atoms with Crippen LogP contribution in [0.5, 0.6) is 0 Å². The van der Waals surface area contributed by atoms with Gasteiger partial charge in [0.05, 0.1) is 18.7 Å². The average molecular weight is 259 g/mol. The summed E-state index contributed by atoms with van der Waals surface area (Å²) >= 11 is 0. The molecule has 0 spiro atoms. The number of hydrogen-bond donors (Lipinski definition) is 2. The molecular weight excluding hydrogens is 244 g/mol. The fourth-order valence-electron chi connectivity index (χ4n) is 1.51. The van der Waals surface area contributed by atoms with Gasteiger partial charge < -0.3 is 15.3 Å². The molecule has 100 valence electrons. The number of rotatable bonds is 6. The number of hydrogen-bond acceptors (Lipinski definition) is 4. The molecule has 0 aliphatic carbocycles. The summed E-state index contributed by atoms with van der Waals surface area (Å²) in [4.78, 5) is 16.9. The van der Waals surface area contributed by atoms with E-state index < -0.39 is 18.9 Å². The Kier molecular flexibility index (Phi) is 5.44. The highest BCUT2D eigenvalue weighted by Gasteiger charge is 2.21. The predicted molar refractivity (Wildman–Crippen MR) is 62.8 cm³/mol. The lowest BCUT2D eigenvalue weighted by Crippen LogP contribution is -2.37. The Bertz CT molecular complexity index is 402. The molecule has 0 aliphatic heterocycles. The van der Waals surface area contributed by atoms with E-state index in [4.69, 9.17) is 5.11 Å². The number of anilines is 1. The molecule has 7 heteroatoms. The summed E-state index contributed by atoms with van der Waals surface area (Å²) in [6.07, 6.45) is -1.15. The second-order valence-electron chi connectivity index (χ2n) is 3.52. The SMILES string of the molecule is CNc1ncccc1C(=O)N(CCO)CC(F)F. The Hall–Kier alpha value is -1.76. The quantitative estimate of drug-likeness (QED) is 0.794. The Labute approximate surface area is 103 Å². The first-order chi connectivity index (χ1) is 8.60. The van der Waals surface area contributed by atoms with Crippen molar-refractivity contribution >= 4 is 11.7 Å². The first kappa shape index (κ1) is 14.3. The van der Waals surface area contributed by atoms with Gasteiger partial charge in [-0.1, -0.05) is 0 Å². The van der Waals surface area contributed by atoms with Gasteiger partial charge >= 0.3 is 0 Å². The van der Waals surface area contributed by atoms with E-state index >= 15 is 0 Å². The Morgan fingerprint density at radius 2 is 2.33 bits per heavy atom. The summed E-state index contributed by atoms with van der Waals surface area (Å²) in [5.41, 5.74) is 0.203. The van der Waals surface area contributed by atoms with Crippen LogP contribution in [0, 0.1) is 0 Å². The lowest BCUT2D eigenvalue weighted by Gasteiger charge is -2.22. The molecular formula is C11H15F2N3O2. The number of carbonyl (C=O) groups is 1. The number of aliphatic hydroxyl groups is 1. The highest BCUT2D eigenvalue weighted by Crippen LogP contribution is 2.14. The van der Waals surface area contributed by atoms with E-state index in [2.05, 4.69) is 10.3 Å². The molecule has 1 amide bonds. The van der Waals surface area contributed by atoms with E-state index in [9.17, 15) is 13.6 Å². The molecule has 0 fully saturated rings. The van der Waals surface area contributed by atoms with Crippen molar-refractivity contribution in [2.75, 3.05) is 32.1 Å². The summed E-state index contributed by atoms with van der Waals surface area (Å²) in [6.45, 7) is -1.22. The highest BCUT2D eigenvalue weighted by molar-refractivity contribution is 5.98. The Morgan fingerprint density at radius 1 is 1.61 bits per heavy atom. The van der Waals surface area contributed by atoms with Crippen molar-refractivity contribution in [2.24, 2.45) is 0 Å². The van der Waals surface area contributed by atoms with E-state index in [1.54, 1.807) is 13.1 Å². The van der Waals surface area contributed by atoms with Crippen molar-refractivity contribution in [1.82, 2.24) is 9.88 Å². The summed E-state index contributed by atoms with van der Waals surface area (Å²) in [5.74, 6) is -0.262. The van der Waals surface area contributed by atoms with Gasteiger partial charge in [0, 0.05) is 19.8 Å². The molecule has 1 aromatic rings. The zero-order valence-corrected chi connectivity index (χ0v) is 9.94. The zero-order chi connectivity index (χ0) is 13.5. The third kappa shape index (κ3) is 3.63. The van der Waals surface area contributed by atoms with Gasteiger partial charge in [0.15, 0.2) is 0 Å². The molecule has 0 radical (unpaired) electrons. The Morgan fingerprint density at radius 3 is 2.89 bits per heavy atom. The molecule has 1 heterocycles. The first-order valence-corrected chi connectivity index (χ1v) is 5.41. The zero-order valence-electron chi connectivity index (χ0n) is 9.94. The van der Waals surface area contributed by atoms with Gasteiger partial charge in [-0.2, -0.15) is 0 Å². The van der Waals surface area contributed by atoms with Crippen LogP contribution < -0.4 is 5.32 Å². The molecule has 1 aromatic heterocycles. The number of amides is 1. The van der Waals surface area contributed by atoms with Gasteiger partial charge in [-0.25, -0.2) is 13.8 Å². The maximum absolute atomic E-state index is 12.4. The van der Waals surface area contributed by atoms with E-state index in [1.807, 2.05) is 0 Å². The largest absolute Gasteiger partial charge is 0.395 e. The molecule has 0 saturated heterocycles. The average Bonchev–Trinajstić information content (AvgIpc) is 2.37. The van der Waals surface area contributed by atoms with Crippen LogP contribution in [0.25, 0.3) is 0 Å². The molecule has 2 N–H and O–H groups in total. The van der Waals surface area contributed by atoms with Crippen LogP contribution in [-0.2, 0) is 0 Å². The van der Waals surface area contributed by atoms with Crippen LogP contribution in [0.2, 0.25) is 0 Å². The third-order valence-electron chi connectivity index (χ3n) is 2.29. The molecule has 0 unspecified atom stereocenters. The lowest BCUT2D eigenvalue weighted by atomic mass is 10.2. The third-order valence-corrected chi connectivity index (χ3v) is 2.29. The molecule has 0 aliphatic rings. The van der Waals surface area contributed by atoms with E-state index in [-0.39, 0.29) is 18.7 Å². The topological polar surface area (TPSA) is 65.5 Å². The van der Waals surface area contributed by atoms with Crippen LogP contribution in [0.1, 0.15) is 10.4 Å². The summed E-state index contributed by atoms with van der Waals surface area (Å²) in [6, 6.07) is 3.05. The fraction of sp³-hybridized carbons (Fsp3) is 0.455. The van der Waals surface area contributed by atoms with Crippen molar-refractivity contribution in [3.8, 4) is 0 Å². The van der Waals surface area contributed by atoms with Gasteiger partial charge in [0.2, 0.25) is 0 Å². The number of nitrogens with one attached hydrogen (secondary N) is 1. The maximum atomic E-state index is 12.4.